The Bertz CT molecular complexity index is 780. The van der Waals surface area contributed by atoms with Gasteiger partial charge in [0.25, 0.3) is 0 Å². The Labute approximate surface area is 149 Å². The molecule has 26 heavy (non-hydrogen) atoms. The first-order chi connectivity index (χ1) is 12.3. The average Bonchev–Trinajstić information content (AvgIpc) is 2.60. The molecule has 0 atom stereocenters. The smallest absolute Gasteiger partial charge is 0.250 e. The number of hydrogen-bond donors (Lipinski definition) is 2. The Kier molecular flexibility index (Phi) is 6.57. The van der Waals surface area contributed by atoms with Gasteiger partial charge in [0.1, 0.15) is 0 Å². The van der Waals surface area contributed by atoms with Crippen LogP contribution in [0.4, 0.5) is 13.2 Å². The van der Waals surface area contributed by atoms with Gasteiger partial charge in [-0.25, -0.2) is 13.8 Å². The van der Waals surface area contributed by atoms with Gasteiger partial charge < -0.3 is 15.8 Å². The zero-order valence-electron chi connectivity index (χ0n) is 14.5. The molecule has 0 bridgehead atoms. The highest BCUT2D eigenvalue weighted by atomic mass is 19.2. The standard InChI is InChI=1S/C18H20F3N3O2/c1-10(2)5-6-23-8-12-7-13(19)17(16(21)15(12)20)26-14-4-3-11(9-24-14)18(22)25/h3-4,7,9-10,23H,5-6,8H2,1-2H3,(H2,22,25). The zero-order chi connectivity index (χ0) is 19.3. The molecule has 2 aromatic rings. The molecule has 3 N–H and O–H groups in total. The number of pyridine rings is 1. The molecule has 0 radical (unpaired) electrons. The Morgan fingerprint density at radius 2 is 2.00 bits per heavy atom. The van der Waals surface area contributed by atoms with Crippen molar-refractivity contribution in [3.63, 3.8) is 0 Å². The lowest BCUT2D eigenvalue weighted by Crippen LogP contribution is -2.18. The van der Waals surface area contributed by atoms with Crippen LogP contribution < -0.4 is 15.8 Å². The van der Waals surface area contributed by atoms with E-state index in [0.29, 0.717) is 12.5 Å². The number of hydrogen-bond acceptors (Lipinski definition) is 4. The molecule has 1 amide bonds. The van der Waals surface area contributed by atoms with Crippen molar-refractivity contribution in [3.8, 4) is 11.6 Å². The van der Waals surface area contributed by atoms with E-state index in [9.17, 15) is 18.0 Å². The van der Waals surface area contributed by atoms with Gasteiger partial charge in [0.15, 0.2) is 11.6 Å². The number of primary amides is 1. The predicted molar refractivity (Wildman–Crippen MR) is 90.3 cm³/mol. The topological polar surface area (TPSA) is 77.2 Å². The van der Waals surface area contributed by atoms with E-state index in [4.69, 9.17) is 10.5 Å². The fraction of sp³-hybridized carbons (Fsp3) is 0.333. The third-order valence-corrected chi connectivity index (χ3v) is 3.63. The third-order valence-electron chi connectivity index (χ3n) is 3.63. The Hall–Kier alpha value is -2.61. The minimum absolute atomic E-state index is 0.00175. The minimum atomic E-state index is -1.44. The van der Waals surface area contributed by atoms with Crippen LogP contribution in [0.5, 0.6) is 11.6 Å². The first kappa shape index (κ1) is 19.7. The van der Waals surface area contributed by atoms with Crippen LogP contribution in [-0.2, 0) is 6.54 Å². The quantitative estimate of drug-likeness (QED) is 0.553. The summed E-state index contributed by atoms with van der Waals surface area (Å²) in [7, 11) is 0. The van der Waals surface area contributed by atoms with E-state index >= 15 is 0 Å². The van der Waals surface area contributed by atoms with Crippen LogP contribution >= 0.6 is 0 Å². The second-order valence-corrected chi connectivity index (χ2v) is 6.19. The van der Waals surface area contributed by atoms with E-state index < -0.39 is 29.1 Å². The number of benzene rings is 1. The SMILES string of the molecule is CC(C)CCNCc1cc(F)c(Oc2ccc(C(N)=O)cn2)c(F)c1F. The number of amides is 1. The summed E-state index contributed by atoms with van der Waals surface area (Å²) in [5.41, 5.74) is 5.04. The molecular weight excluding hydrogens is 347 g/mol. The van der Waals surface area contributed by atoms with E-state index in [-0.39, 0.29) is 23.6 Å². The molecule has 0 aliphatic rings. The summed E-state index contributed by atoms with van der Waals surface area (Å²) in [4.78, 5) is 14.7. The van der Waals surface area contributed by atoms with E-state index in [1.807, 2.05) is 13.8 Å². The highest BCUT2D eigenvalue weighted by Crippen LogP contribution is 2.30. The lowest BCUT2D eigenvalue weighted by Gasteiger charge is -2.12. The van der Waals surface area contributed by atoms with Crippen LogP contribution in [0.15, 0.2) is 24.4 Å². The molecule has 0 saturated carbocycles. The molecule has 0 saturated heterocycles. The molecule has 1 heterocycles. The van der Waals surface area contributed by atoms with Crippen molar-refractivity contribution in [3.05, 3.63) is 53.0 Å². The van der Waals surface area contributed by atoms with Crippen LogP contribution in [0, 0.1) is 23.4 Å². The molecule has 0 unspecified atom stereocenters. The van der Waals surface area contributed by atoms with Gasteiger partial charge >= 0.3 is 0 Å². The largest absolute Gasteiger partial charge is 0.433 e. The molecule has 0 fully saturated rings. The molecule has 5 nitrogen and oxygen atoms in total. The van der Waals surface area contributed by atoms with Gasteiger partial charge in [-0.15, -0.1) is 0 Å². The van der Waals surface area contributed by atoms with Gasteiger partial charge in [0.05, 0.1) is 5.56 Å². The third kappa shape index (κ3) is 4.95. The van der Waals surface area contributed by atoms with Crippen LogP contribution in [-0.4, -0.2) is 17.4 Å². The Balaban J connectivity index is 2.14. The number of carbonyl (C=O) groups excluding carboxylic acids is 1. The van der Waals surface area contributed by atoms with Crippen molar-refractivity contribution in [1.29, 1.82) is 0 Å². The Morgan fingerprint density at radius 3 is 2.58 bits per heavy atom. The van der Waals surface area contributed by atoms with Gasteiger partial charge in [-0.3, -0.25) is 4.79 Å². The number of carbonyl (C=O) groups is 1. The number of nitrogens with one attached hydrogen (secondary N) is 1. The predicted octanol–water partition coefficient (Wildman–Crippen LogP) is 3.53. The van der Waals surface area contributed by atoms with Gasteiger partial charge in [-0.1, -0.05) is 13.8 Å². The zero-order valence-corrected chi connectivity index (χ0v) is 14.5. The first-order valence-corrected chi connectivity index (χ1v) is 8.10. The van der Waals surface area contributed by atoms with Gasteiger partial charge in [-0.05, 0) is 31.0 Å². The van der Waals surface area contributed by atoms with E-state index in [2.05, 4.69) is 10.3 Å². The number of rotatable bonds is 8. The van der Waals surface area contributed by atoms with Crippen LogP contribution in [0.2, 0.25) is 0 Å². The molecule has 0 spiro atoms. The lowest BCUT2D eigenvalue weighted by molar-refractivity contribution is 0.1000. The summed E-state index contributed by atoms with van der Waals surface area (Å²) in [6.07, 6.45) is 1.96. The molecule has 0 aliphatic carbocycles. The molecule has 2 rings (SSSR count). The normalized spacial score (nSPS) is 11.0. The van der Waals surface area contributed by atoms with Gasteiger partial charge in [-0.2, -0.15) is 4.39 Å². The fourth-order valence-electron chi connectivity index (χ4n) is 2.15. The Morgan fingerprint density at radius 1 is 1.27 bits per heavy atom. The van der Waals surface area contributed by atoms with E-state index in [1.54, 1.807) is 0 Å². The van der Waals surface area contributed by atoms with Crippen LogP contribution in [0.3, 0.4) is 0 Å². The summed E-state index contributed by atoms with van der Waals surface area (Å²) in [6.45, 7) is 4.68. The maximum atomic E-state index is 14.2. The van der Waals surface area contributed by atoms with Gasteiger partial charge in [0, 0.05) is 24.4 Å². The minimum Gasteiger partial charge on any atom is -0.433 e. The summed E-state index contributed by atoms with van der Waals surface area (Å²) < 4.78 is 47.5. The van der Waals surface area contributed by atoms with Crippen molar-refractivity contribution in [1.82, 2.24) is 10.3 Å². The summed E-state index contributed by atoms with van der Waals surface area (Å²) in [5.74, 6) is -5.02. The fourth-order valence-corrected chi connectivity index (χ4v) is 2.15. The average molecular weight is 367 g/mol. The number of nitrogens with two attached hydrogens (primary N) is 1. The summed E-state index contributed by atoms with van der Waals surface area (Å²) in [5, 5.41) is 2.94. The summed E-state index contributed by atoms with van der Waals surface area (Å²) >= 11 is 0. The molecule has 1 aromatic heterocycles. The maximum absolute atomic E-state index is 14.2. The van der Waals surface area contributed by atoms with Crippen LogP contribution in [0.1, 0.15) is 36.2 Å². The second kappa shape index (κ2) is 8.66. The van der Waals surface area contributed by atoms with Crippen LogP contribution in [0.25, 0.3) is 0 Å². The van der Waals surface area contributed by atoms with E-state index in [0.717, 1.165) is 18.7 Å². The van der Waals surface area contributed by atoms with Crippen molar-refractivity contribution in [2.45, 2.75) is 26.8 Å². The number of ether oxygens (including phenoxy) is 1. The lowest BCUT2D eigenvalue weighted by atomic mass is 10.1. The second-order valence-electron chi connectivity index (χ2n) is 6.19. The van der Waals surface area contributed by atoms with E-state index in [1.165, 1.54) is 12.1 Å². The molecule has 140 valence electrons. The number of aromatic nitrogens is 1. The van der Waals surface area contributed by atoms with Crippen molar-refractivity contribution >= 4 is 5.91 Å². The monoisotopic (exact) mass is 367 g/mol. The van der Waals surface area contributed by atoms with Crippen molar-refractivity contribution < 1.29 is 22.7 Å². The number of halogens is 3. The number of nitrogens with zero attached hydrogens (tertiary/aromatic N) is 1. The molecule has 8 heteroatoms. The molecular formula is C18H20F3N3O2. The molecule has 0 aliphatic heterocycles. The van der Waals surface area contributed by atoms with Crippen molar-refractivity contribution in [2.24, 2.45) is 11.7 Å². The maximum Gasteiger partial charge on any atom is 0.250 e. The summed E-state index contributed by atoms with van der Waals surface area (Å²) in [6, 6.07) is 3.37. The van der Waals surface area contributed by atoms with Crippen molar-refractivity contribution in [2.75, 3.05) is 6.54 Å². The first-order valence-electron chi connectivity index (χ1n) is 8.10. The molecule has 1 aromatic carbocycles. The highest BCUT2D eigenvalue weighted by Gasteiger charge is 2.21. The highest BCUT2D eigenvalue weighted by molar-refractivity contribution is 5.92. The van der Waals surface area contributed by atoms with Gasteiger partial charge in [0.2, 0.25) is 23.4 Å².